The highest BCUT2D eigenvalue weighted by molar-refractivity contribution is 4.71. The van der Waals surface area contributed by atoms with E-state index in [-0.39, 0.29) is 6.10 Å². The highest BCUT2D eigenvalue weighted by Gasteiger charge is 2.17. The molecule has 0 spiro atoms. The molecule has 4 nitrogen and oxygen atoms in total. The van der Waals surface area contributed by atoms with Crippen LogP contribution in [0.15, 0.2) is 0 Å². The molecule has 320 valence electrons. The van der Waals surface area contributed by atoms with E-state index in [0.717, 1.165) is 51.7 Å². The Balaban J connectivity index is 4.45. The molecule has 0 rings (SSSR count). The second-order valence-corrected chi connectivity index (χ2v) is 17.3. The smallest absolute Gasteiger partial charge is 0.0667 e. The van der Waals surface area contributed by atoms with E-state index in [9.17, 15) is 5.11 Å². The summed E-state index contributed by atoms with van der Waals surface area (Å²) in [7, 11) is 0. The van der Waals surface area contributed by atoms with Crippen molar-refractivity contribution >= 4 is 0 Å². The van der Waals surface area contributed by atoms with Gasteiger partial charge in [0.2, 0.25) is 0 Å². The summed E-state index contributed by atoms with van der Waals surface area (Å²) in [5.74, 6) is 0.746. The molecule has 0 aromatic rings. The molecule has 0 heterocycles. The van der Waals surface area contributed by atoms with Crippen molar-refractivity contribution in [3.63, 3.8) is 0 Å². The minimum atomic E-state index is -0.208. The van der Waals surface area contributed by atoms with Gasteiger partial charge in [-0.25, -0.2) is 0 Å². The Kier molecular flexibility index (Phi) is 44.4. The lowest BCUT2D eigenvalue weighted by molar-refractivity contribution is 0.0518. The Hall–Kier alpha value is -0.160. The Morgan fingerprint density at radius 3 is 1.08 bits per heavy atom. The summed E-state index contributed by atoms with van der Waals surface area (Å²) in [6, 6.07) is 0. The fourth-order valence-electron chi connectivity index (χ4n) is 8.41. The maximum absolute atomic E-state index is 11.2. The molecule has 4 heteroatoms. The van der Waals surface area contributed by atoms with Gasteiger partial charge in [0, 0.05) is 26.2 Å². The first-order valence-electron chi connectivity index (χ1n) is 24.8. The van der Waals surface area contributed by atoms with Gasteiger partial charge in [-0.3, -0.25) is 4.90 Å². The van der Waals surface area contributed by atoms with Crippen molar-refractivity contribution < 1.29 is 9.84 Å². The predicted molar refractivity (Wildman–Crippen MR) is 239 cm³/mol. The third kappa shape index (κ3) is 39.9. The molecule has 0 aliphatic heterocycles. The lowest BCUT2D eigenvalue weighted by Gasteiger charge is -2.29. The minimum Gasteiger partial charge on any atom is -0.392 e. The van der Waals surface area contributed by atoms with Crippen LogP contribution in [0.2, 0.25) is 0 Å². The number of nitrogens with zero attached hydrogens (tertiary/aromatic N) is 2. The fourth-order valence-corrected chi connectivity index (χ4v) is 8.41. The van der Waals surface area contributed by atoms with Gasteiger partial charge < -0.3 is 14.7 Å². The first kappa shape index (κ1) is 52.8. The van der Waals surface area contributed by atoms with E-state index in [4.69, 9.17) is 4.74 Å². The number of aliphatic hydroxyl groups is 1. The van der Waals surface area contributed by atoms with E-state index in [1.165, 1.54) is 225 Å². The average Bonchev–Trinajstić information content (AvgIpc) is 3.15. The Bertz CT molecular complexity index is 654. The summed E-state index contributed by atoms with van der Waals surface area (Å²) in [6.07, 6.45) is 46.5. The summed E-state index contributed by atoms with van der Waals surface area (Å²) >= 11 is 0. The molecule has 0 aromatic carbocycles. The maximum Gasteiger partial charge on any atom is 0.0667 e. The summed E-state index contributed by atoms with van der Waals surface area (Å²) in [5.41, 5.74) is 0. The lowest BCUT2D eigenvalue weighted by Crippen LogP contribution is -2.39. The van der Waals surface area contributed by atoms with Crippen molar-refractivity contribution in [1.29, 1.82) is 0 Å². The third-order valence-corrected chi connectivity index (χ3v) is 11.7. The average molecular weight is 751 g/mol. The van der Waals surface area contributed by atoms with Crippen molar-refractivity contribution in [3.05, 3.63) is 0 Å². The molecule has 0 amide bonds. The zero-order valence-corrected chi connectivity index (χ0v) is 37.6. The van der Waals surface area contributed by atoms with Crippen LogP contribution < -0.4 is 0 Å². The van der Waals surface area contributed by atoms with Crippen LogP contribution in [0, 0.1) is 5.92 Å². The number of hydrogen-bond acceptors (Lipinski definition) is 4. The first-order valence-corrected chi connectivity index (χ1v) is 24.8. The van der Waals surface area contributed by atoms with Crippen LogP contribution in [0.3, 0.4) is 0 Å². The summed E-state index contributed by atoms with van der Waals surface area (Å²) < 4.78 is 6.22. The van der Waals surface area contributed by atoms with Crippen molar-refractivity contribution in [2.75, 3.05) is 52.5 Å². The highest BCUT2D eigenvalue weighted by Crippen LogP contribution is 2.20. The minimum absolute atomic E-state index is 0.208. The van der Waals surface area contributed by atoms with Gasteiger partial charge in [0.15, 0.2) is 0 Å². The molecule has 0 aromatic heterocycles. The van der Waals surface area contributed by atoms with E-state index in [2.05, 4.69) is 44.4 Å². The van der Waals surface area contributed by atoms with E-state index < -0.39 is 0 Å². The molecule has 2 unspecified atom stereocenters. The number of hydrogen-bond donors (Lipinski definition) is 1. The van der Waals surface area contributed by atoms with Crippen molar-refractivity contribution in [2.45, 2.75) is 259 Å². The number of unbranched alkanes of at least 4 members (excludes halogenated alkanes) is 26. The Labute approximate surface area is 336 Å². The fraction of sp³-hybridized carbons (Fsp3) is 1.00. The van der Waals surface area contributed by atoms with Crippen LogP contribution in [-0.4, -0.2) is 73.5 Å². The highest BCUT2D eigenvalue weighted by atomic mass is 16.5. The molecule has 0 radical (unpaired) electrons. The second kappa shape index (κ2) is 44.6. The van der Waals surface area contributed by atoms with Crippen LogP contribution in [0.1, 0.15) is 253 Å². The molecule has 0 aliphatic rings. The van der Waals surface area contributed by atoms with Crippen molar-refractivity contribution in [1.82, 2.24) is 9.80 Å². The van der Waals surface area contributed by atoms with Gasteiger partial charge in [0.1, 0.15) is 0 Å². The van der Waals surface area contributed by atoms with E-state index in [1.54, 1.807) is 0 Å². The largest absolute Gasteiger partial charge is 0.392 e. The van der Waals surface area contributed by atoms with Crippen molar-refractivity contribution in [2.24, 2.45) is 5.92 Å². The van der Waals surface area contributed by atoms with E-state index >= 15 is 0 Å². The second-order valence-electron chi connectivity index (χ2n) is 17.3. The van der Waals surface area contributed by atoms with Gasteiger partial charge in [0.25, 0.3) is 0 Å². The molecule has 0 bridgehead atoms. The lowest BCUT2D eigenvalue weighted by atomic mass is 9.95. The predicted octanol–water partition coefficient (Wildman–Crippen LogP) is 14.9. The first-order chi connectivity index (χ1) is 26.1. The SMILES string of the molecule is CCCCCCCCCCCCCCCCC(O)CN(CCOCCN(CCC)CCC)CC(CCC)CCCCCCCCCCCCCCCC. The van der Waals surface area contributed by atoms with Gasteiger partial charge >= 0.3 is 0 Å². The van der Waals surface area contributed by atoms with Gasteiger partial charge in [0.05, 0.1) is 19.3 Å². The van der Waals surface area contributed by atoms with Crippen molar-refractivity contribution in [3.8, 4) is 0 Å². The van der Waals surface area contributed by atoms with Gasteiger partial charge in [-0.1, -0.05) is 221 Å². The molecule has 2 atom stereocenters. The normalized spacial score (nSPS) is 13.1. The maximum atomic E-state index is 11.2. The summed E-state index contributed by atoms with van der Waals surface area (Å²) in [4.78, 5) is 5.13. The number of ether oxygens (including phenoxy) is 1. The van der Waals surface area contributed by atoms with Gasteiger partial charge in [-0.05, 0) is 51.1 Å². The monoisotopic (exact) mass is 751 g/mol. The Morgan fingerprint density at radius 2 is 0.698 bits per heavy atom. The van der Waals surface area contributed by atoms with E-state index in [0.29, 0.717) is 0 Å². The topological polar surface area (TPSA) is 35.9 Å². The molecule has 0 saturated heterocycles. The van der Waals surface area contributed by atoms with Gasteiger partial charge in [-0.15, -0.1) is 0 Å². The van der Waals surface area contributed by atoms with E-state index in [1.807, 2.05) is 0 Å². The van der Waals surface area contributed by atoms with Crippen LogP contribution >= 0.6 is 0 Å². The quantitative estimate of drug-likeness (QED) is 0.0629. The molecular weight excluding hydrogens is 649 g/mol. The van der Waals surface area contributed by atoms with Crippen LogP contribution in [0.5, 0.6) is 0 Å². The molecular formula is C49H102N2O2. The van der Waals surface area contributed by atoms with Gasteiger partial charge in [-0.2, -0.15) is 0 Å². The zero-order chi connectivity index (χ0) is 38.7. The molecule has 1 N–H and O–H groups in total. The number of aliphatic hydroxyl groups excluding tert-OH is 1. The molecule has 0 saturated carbocycles. The molecule has 0 aliphatic carbocycles. The summed E-state index contributed by atoms with van der Waals surface area (Å²) in [6.45, 7) is 19.4. The molecule has 53 heavy (non-hydrogen) atoms. The third-order valence-electron chi connectivity index (χ3n) is 11.7. The summed E-state index contributed by atoms with van der Waals surface area (Å²) in [5, 5.41) is 11.2. The zero-order valence-electron chi connectivity index (χ0n) is 37.6. The standard InChI is InChI=1S/C49H102N2O2/c1-6-11-13-15-17-19-21-23-25-27-29-31-33-35-38-48(37-8-3)46-51(43-45-53-44-42-50(40-9-4)41-10-5)47-49(52)39-36-34-32-30-28-26-24-22-20-18-16-14-12-7-2/h48-49,52H,6-47H2,1-5H3. The number of rotatable bonds is 46. The van der Waals surface area contributed by atoms with Crippen LogP contribution in [0.4, 0.5) is 0 Å². The Morgan fingerprint density at radius 1 is 0.340 bits per heavy atom. The molecule has 0 fully saturated rings. The van der Waals surface area contributed by atoms with Crippen LogP contribution in [0.25, 0.3) is 0 Å². The van der Waals surface area contributed by atoms with Crippen LogP contribution in [-0.2, 0) is 4.74 Å².